The second-order valence-electron chi connectivity index (χ2n) is 20.4. The first-order valence-electron chi connectivity index (χ1n) is 24.6. The van der Waals surface area contributed by atoms with Crippen LogP contribution in [0.25, 0.3) is 0 Å². The number of carboxylic acid groups (broad SMARTS) is 1. The highest BCUT2D eigenvalue weighted by Crippen LogP contribution is 2.54. The molecule has 5 aliphatic rings. The van der Waals surface area contributed by atoms with Crippen LogP contribution in [0.15, 0.2) is 42.5 Å². The zero-order chi connectivity index (χ0) is 47.5. The second kappa shape index (κ2) is 21.0. The SMILES string of the molecule is CC[C@@H](C(=O)[C@@H](C)[C@@H](O)[C@H](C)[C@@H]1O[C@@H]([C@@H](CC)C(=O)O)CC[C@@H]1C)[C@H]1O[C@]2(C=C[C@@H](NC(=O)OCCOc3ccccc3)[C@]3(CC[C@@](C)([C@H]4CC[C@](O)(CC)[C@H](C)O4)O3)O2)[C@H](C)C[C@@H]1C. The molecule has 2 spiro atoms. The normalized spacial score (nSPS) is 39.5. The largest absolute Gasteiger partial charge is 0.490 e. The van der Waals surface area contributed by atoms with Crippen LogP contribution >= 0.6 is 0 Å². The molecular formula is C51H79NO13. The maximum Gasteiger partial charge on any atom is 0.407 e. The minimum Gasteiger partial charge on any atom is -0.490 e. The Morgan fingerprint density at radius 3 is 2.23 bits per heavy atom. The van der Waals surface area contributed by atoms with Gasteiger partial charge >= 0.3 is 12.1 Å². The van der Waals surface area contributed by atoms with Gasteiger partial charge in [-0.25, -0.2) is 4.79 Å². The number of aliphatic hydroxyl groups is 2. The quantitative estimate of drug-likeness (QED) is 0.0871. The highest BCUT2D eigenvalue weighted by Gasteiger charge is 2.63. The van der Waals surface area contributed by atoms with Crippen LogP contribution in [0.3, 0.4) is 0 Å². The van der Waals surface area contributed by atoms with Crippen molar-refractivity contribution in [3.63, 3.8) is 0 Å². The van der Waals surface area contributed by atoms with Gasteiger partial charge in [0, 0.05) is 30.1 Å². The molecule has 0 unspecified atom stereocenters. The lowest BCUT2D eigenvalue weighted by Crippen LogP contribution is -2.65. The summed E-state index contributed by atoms with van der Waals surface area (Å²) in [4.78, 5) is 40.2. The van der Waals surface area contributed by atoms with Gasteiger partial charge in [0.25, 0.3) is 0 Å². The predicted molar refractivity (Wildman–Crippen MR) is 243 cm³/mol. The molecule has 0 aliphatic carbocycles. The van der Waals surface area contributed by atoms with Crippen LogP contribution < -0.4 is 10.1 Å². The Hall–Kier alpha value is -3.11. The number of rotatable bonds is 17. The topological polar surface area (TPSA) is 189 Å². The number of hydrogen-bond acceptors (Lipinski definition) is 12. The van der Waals surface area contributed by atoms with Crippen molar-refractivity contribution in [2.45, 2.75) is 199 Å². The number of amides is 1. The molecule has 5 heterocycles. The molecule has 0 aromatic heterocycles. The van der Waals surface area contributed by atoms with Crippen LogP contribution in [0.1, 0.15) is 133 Å². The first-order valence-corrected chi connectivity index (χ1v) is 24.6. The molecule has 4 fully saturated rings. The molecule has 0 bridgehead atoms. The van der Waals surface area contributed by atoms with Crippen molar-refractivity contribution >= 4 is 17.8 Å². The van der Waals surface area contributed by atoms with E-state index < -0.39 is 95.1 Å². The minimum absolute atomic E-state index is 0.0109. The molecule has 6 rings (SSSR count). The van der Waals surface area contributed by atoms with E-state index in [0.717, 1.165) is 6.42 Å². The molecule has 14 nitrogen and oxygen atoms in total. The van der Waals surface area contributed by atoms with Crippen molar-refractivity contribution in [2.75, 3.05) is 13.2 Å². The van der Waals surface area contributed by atoms with E-state index in [-0.39, 0.29) is 42.9 Å². The van der Waals surface area contributed by atoms with E-state index in [2.05, 4.69) is 26.1 Å². The first kappa shape index (κ1) is 51.3. The van der Waals surface area contributed by atoms with Gasteiger partial charge in [0.05, 0.1) is 53.7 Å². The van der Waals surface area contributed by atoms with E-state index in [0.29, 0.717) is 63.5 Å². The van der Waals surface area contributed by atoms with E-state index in [4.69, 9.17) is 33.2 Å². The molecule has 0 radical (unpaired) electrons. The van der Waals surface area contributed by atoms with Crippen molar-refractivity contribution in [2.24, 2.45) is 41.4 Å². The first-order chi connectivity index (χ1) is 30.8. The lowest BCUT2D eigenvalue weighted by Gasteiger charge is -2.55. The molecular weight excluding hydrogens is 835 g/mol. The monoisotopic (exact) mass is 914 g/mol. The van der Waals surface area contributed by atoms with Gasteiger partial charge in [-0.3, -0.25) is 9.59 Å². The Kier molecular flexibility index (Phi) is 16.6. The number of ketones is 1. The van der Waals surface area contributed by atoms with Gasteiger partial charge in [0.2, 0.25) is 0 Å². The van der Waals surface area contributed by atoms with Crippen molar-refractivity contribution in [3.8, 4) is 5.75 Å². The summed E-state index contributed by atoms with van der Waals surface area (Å²) in [6.45, 7) is 19.7. The number of benzene rings is 1. The molecule has 366 valence electrons. The molecule has 1 aromatic carbocycles. The van der Waals surface area contributed by atoms with Gasteiger partial charge in [0.15, 0.2) is 11.6 Å². The molecule has 4 saturated heterocycles. The molecule has 18 atom stereocenters. The van der Waals surface area contributed by atoms with E-state index >= 15 is 0 Å². The summed E-state index contributed by atoms with van der Waals surface area (Å²) in [5.41, 5.74) is -1.78. The molecule has 14 heteroatoms. The highest BCUT2D eigenvalue weighted by molar-refractivity contribution is 5.84. The number of carbonyl (C=O) groups is 3. The average Bonchev–Trinajstić information content (AvgIpc) is 3.63. The van der Waals surface area contributed by atoms with E-state index in [1.807, 2.05) is 84.0 Å². The average molecular weight is 914 g/mol. The summed E-state index contributed by atoms with van der Waals surface area (Å²) in [6.07, 6.45) is 5.41. The van der Waals surface area contributed by atoms with E-state index in [9.17, 15) is 29.7 Å². The minimum atomic E-state index is -1.41. The molecule has 1 amide bonds. The number of alkyl carbamates (subject to hydrolysis) is 1. The maximum absolute atomic E-state index is 14.7. The lowest BCUT2D eigenvalue weighted by atomic mass is 9.72. The van der Waals surface area contributed by atoms with Gasteiger partial charge < -0.3 is 53.8 Å². The Labute approximate surface area is 386 Å². The zero-order valence-corrected chi connectivity index (χ0v) is 40.5. The van der Waals surface area contributed by atoms with E-state index in [1.54, 1.807) is 6.92 Å². The van der Waals surface area contributed by atoms with Crippen LogP contribution in [0, 0.1) is 41.4 Å². The number of ether oxygens (including phenoxy) is 7. The number of aliphatic hydroxyl groups excluding tert-OH is 1. The maximum atomic E-state index is 14.7. The van der Waals surface area contributed by atoms with Crippen molar-refractivity contribution < 1.29 is 62.9 Å². The van der Waals surface area contributed by atoms with Crippen LogP contribution in [0.2, 0.25) is 0 Å². The number of Topliss-reactive ketones (excluding diaryl/α,β-unsaturated/α-hetero) is 1. The number of para-hydroxylation sites is 1. The fraction of sp³-hybridized carbons (Fsp3) is 0.784. The van der Waals surface area contributed by atoms with Gasteiger partial charge in [-0.15, -0.1) is 0 Å². The summed E-state index contributed by atoms with van der Waals surface area (Å²) >= 11 is 0. The zero-order valence-electron chi connectivity index (χ0n) is 40.5. The van der Waals surface area contributed by atoms with E-state index in [1.165, 1.54) is 0 Å². The Morgan fingerprint density at radius 2 is 1.58 bits per heavy atom. The third kappa shape index (κ3) is 10.8. The summed E-state index contributed by atoms with van der Waals surface area (Å²) in [6, 6.07) is 8.51. The molecule has 5 aliphatic heterocycles. The number of aliphatic carboxylic acids is 1. The smallest absolute Gasteiger partial charge is 0.407 e. The van der Waals surface area contributed by atoms with Crippen molar-refractivity contribution in [1.29, 1.82) is 0 Å². The fourth-order valence-electron chi connectivity index (χ4n) is 11.6. The highest BCUT2D eigenvalue weighted by atomic mass is 16.8. The molecule has 4 N–H and O–H groups in total. The third-order valence-corrected chi connectivity index (χ3v) is 16.1. The number of carbonyl (C=O) groups excluding carboxylic acids is 2. The molecule has 1 aromatic rings. The van der Waals surface area contributed by atoms with Crippen molar-refractivity contribution in [3.05, 3.63) is 42.5 Å². The number of carboxylic acids is 1. The van der Waals surface area contributed by atoms with Crippen LogP contribution in [0.5, 0.6) is 5.75 Å². The summed E-state index contributed by atoms with van der Waals surface area (Å²) in [7, 11) is 0. The predicted octanol–water partition coefficient (Wildman–Crippen LogP) is 8.00. The molecule has 0 saturated carbocycles. The molecule has 65 heavy (non-hydrogen) atoms. The third-order valence-electron chi connectivity index (χ3n) is 16.1. The van der Waals surface area contributed by atoms with Crippen LogP contribution in [-0.4, -0.2) is 112 Å². The Morgan fingerprint density at radius 1 is 0.877 bits per heavy atom. The van der Waals surface area contributed by atoms with Gasteiger partial charge in [-0.05, 0) is 102 Å². The number of hydrogen-bond donors (Lipinski definition) is 4. The Balaban J connectivity index is 1.21. The van der Waals surface area contributed by atoms with Gasteiger partial charge in [0.1, 0.15) is 30.8 Å². The van der Waals surface area contributed by atoms with Crippen molar-refractivity contribution in [1.82, 2.24) is 5.32 Å². The Bertz CT molecular complexity index is 1800. The standard InChI is InChI=1S/C51H79NO13/c1-11-37(46(55)56)39-20-19-30(4)44(62-39)34(8)42(53)33(7)43(54)38(12-2)45-31(5)29-32(6)50(63-45)24-21-40(52-47(57)60-28-27-59-36-17-15-14-16-18-36)51(65-50)26-25-48(10,64-51)41-22-23-49(58,13-3)35(9)61-41/h14-18,21,24,30-35,37-42,44-45,53,58H,11-13,19-20,22-23,25-29H2,1-10H3,(H,52,57)(H,55,56)/t30-,31-,32+,33-,34-,35-,37+,38-,39+,40+,41+,42+,44+,45-,48-,49+,50-,51-/m0/s1. The van der Waals surface area contributed by atoms with Crippen LogP contribution in [0.4, 0.5) is 4.79 Å². The number of nitrogens with one attached hydrogen (secondary N) is 1. The summed E-state index contributed by atoms with van der Waals surface area (Å²) < 4.78 is 45.8. The second-order valence-corrected chi connectivity index (χ2v) is 20.4. The van der Waals surface area contributed by atoms with Crippen LogP contribution in [-0.2, 0) is 38.0 Å². The lowest BCUT2D eigenvalue weighted by molar-refractivity contribution is -0.398. The van der Waals surface area contributed by atoms with Gasteiger partial charge in [-0.2, -0.15) is 0 Å². The fourth-order valence-corrected chi connectivity index (χ4v) is 11.6. The summed E-state index contributed by atoms with van der Waals surface area (Å²) in [5, 5.41) is 36.0. The van der Waals surface area contributed by atoms with Gasteiger partial charge in [-0.1, -0.05) is 79.7 Å². The summed E-state index contributed by atoms with van der Waals surface area (Å²) in [5.74, 6) is -5.61.